The maximum atomic E-state index is 3.42. The Kier molecular flexibility index (Phi) is 9.85. The molecule has 0 fully saturated rings. The van der Waals surface area contributed by atoms with Crippen molar-refractivity contribution in [2.24, 2.45) is 0 Å². The molecule has 2 N–H and O–H groups in total. The Balaban J connectivity index is 2.69. The summed E-state index contributed by atoms with van der Waals surface area (Å²) in [6.45, 7) is 5.75. The molecule has 0 aliphatic carbocycles. The molecule has 0 aliphatic heterocycles. The minimum Gasteiger partial charge on any atom is -0.320 e. The molecule has 0 aromatic rings. The van der Waals surface area contributed by atoms with Gasteiger partial charge in [-0.15, -0.1) is 0 Å². The fourth-order valence-electron chi connectivity index (χ4n) is 0.979. The van der Waals surface area contributed by atoms with E-state index in [0.717, 1.165) is 6.54 Å². The van der Waals surface area contributed by atoms with E-state index in [1.54, 1.807) is 0 Å². The predicted octanol–water partition coefficient (Wildman–Crippen LogP) is 1.38. The van der Waals surface area contributed by atoms with Gasteiger partial charge in [-0.3, -0.25) is 0 Å². The molecule has 0 amide bonds. The second-order valence-electron chi connectivity index (χ2n) is 2.91. The minimum atomic E-state index is 1.15. The van der Waals surface area contributed by atoms with E-state index in [0.29, 0.717) is 0 Å². The van der Waals surface area contributed by atoms with Gasteiger partial charge in [0.05, 0.1) is 0 Å². The lowest BCUT2D eigenvalue weighted by Gasteiger charge is -2.02. The molecular weight excluding hydrogens is 136 g/mol. The van der Waals surface area contributed by atoms with Gasteiger partial charge in [-0.05, 0) is 45.9 Å². The largest absolute Gasteiger partial charge is 0.320 e. The van der Waals surface area contributed by atoms with Gasteiger partial charge in [-0.25, -0.2) is 0 Å². The molecule has 0 bridgehead atoms. The Hall–Kier alpha value is -0.0800. The molecule has 0 saturated heterocycles. The molecule has 11 heavy (non-hydrogen) atoms. The lowest BCUT2D eigenvalue weighted by Crippen LogP contribution is -2.18. The molecule has 0 spiro atoms. The van der Waals surface area contributed by atoms with Crippen molar-refractivity contribution in [1.29, 1.82) is 0 Å². The second-order valence-corrected chi connectivity index (χ2v) is 2.91. The molecule has 0 rings (SSSR count). The van der Waals surface area contributed by atoms with Gasteiger partial charge < -0.3 is 10.6 Å². The van der Waals surface area contributed by atoms with Crippen molar-refractivity contribution in [3.05, 3.63) is 0 Å². The van der Waals surface area contributed by atoms with Crippen LogP contribution in [0.4, 0.5) is 0 Å². The first-order valence-electron chi connectivity index (χ1n) is 4.77. The molecule has 0 unspecified atom stereocenters. The number of hydrogen-bond donors (Lipinski definition) is 2. The van der Waals surface area contributed by atoms with E-state index in [2.05, 4.69) is 17.6 Å². The first-order chi connectivity index (χ1) is 5.41. The zero-order chi connectivity index (χ0) is 8.36. The summed E-state index contributed by atoms with van der Waals surface area (Å²) in [4.78, 5) is 0. The Morgan fingerprint density at radius 3 is 2.18 bits per heavy atom. The Morgan fingerprint density at radius 2 is 1.55 bits per heavy atom. The van der Waals surface area contributed by atoms with E-state index < -0.39 is 0 Å². The van der Waals surface area contributed by atoms with Gasteiger partial charge in [-0.2, -0.15) is 0 Å². The fraction of sp³-hybridized carbons (Fsp3) is 1.00. The van der Waals surface area contributed by atoms with Crippen LogP contribution in [0.5, 0.6) is 0 Å². The third kappa shape index (κ3) is 9.92. The molecule has 0 aromatic heterocycles. The first kappa shape index (κ1) is 10.9. The summed E-state index contributed by atoms with van der Waals surface area (Å²) in [6, 6.07) is 0. The smallest absolute Gasteiger partial charge is 0.00484 e. The molecule has 68 valence electrons. The number of hydrogen-bond acceptors (Lipinski definition) is 2. The molecule has 2 heteroatoms. The quantitative estimate of drug-likeness (QED) is 0.521. The standard InChI is InChI=1S/C9H22N2/c1-3-4-8-11-9-6-5-7-10-2/h10-11H,3-9H2,1-2H3. The lowest BCUT2D eigenvalue weighted by molar-refractivity contribution is 0.588. The molecule has 2 nitrogen and oxygen atoms in total. The van der Waals surface area contributed by atoms with Crippen molar-refractivity contribution in [1.82, 2.24) is 10.6 Å². The highest BCUT2D eigenvalue weighted by molar-refractivity contribution is 4.49. The van der Waals surface area contributed by atoms with E-state index >= 15 is 0 Å². The second kappa shape index (κ2) is 9.92. The monoisotopic (exact) mass is 158 g/mol. The van der Waals surface area contributed by atoms with Crippen LogP contribution < -0.4 is 10.6 Å². The van der Waals surface area contributed by atoms with E-state index in [-0.39, 0.29) is 0 Å². The molecule has 0 radical (unpaired) electrons. The summed E-state index contributed by atoms with van der Waals surface area (Å²) in [5.74, 6) is 0. The molecule has 0 saturated carbocycles. The number of rotatable bonds is 8. The van der Waals surface area contributed by atoms with Crippen molar-refractivity contribution < 1.29 is 0 Å². The van der Waals surface area contributed by atoms with Gasteiger partial charge in [0, 0.05) is 0 Å². The van der Waals surface area contributed by atoms with Crippen LogP contribution in [0, 0.1) is 0 Å². The summed E-state index contributed by atoms with van der Waals surface area (Å²) in [5, 5.41) is 6.56. The van der Waals surface area contributed by atoms with Gasteiger partial charge in [0.25, 0.3) is 0 Å². The van der Waals surface area contributed by atoms with E-state index in [1.165, 1.54) is 38.8 Å². The summed E-state index contributed by atoms with van der Waals surface area (Å²) < 4.78 is 0. The van der Waals surface area contributed by atoms with Gasteiger partial charge in [0.15, 0.2) is 0 Å². The Bertz CT molecular complexity index is 56.6. The van der Waals surface area contributed by atoms with E-state index in [1.807, 2.05) is 7.05 Å². The topological polar surface area (TPSA) is 24.1 Å². The van der Waals surface area contributed by atoms with Crippen molar-refractivity contribution >= 4 is 0 Å². The normalized spacial score (nSPS) is 10.4. The highest BCUT2D eigenvalue weighted by Gasteiger charge is 1.86. The molecule has 0 aromatic carbocycles. The van der Waals surface area contributed by atoms with Crippen LogP contribution in [-0.4, -0.2) is 26.7 Å². The fourth-order valence-corrected chi connectivity index (χ4v) is 0.979. The van der Waals surface area contributed by atoms with Crippen LogP contribution in [0.3, 0.4) is 0 Å². The SMILES string of the molecule is CCCCNCCCCNC. The Morgan fingerprint density at radius 1 is 0.909 bits per heavy atom. The van der Waals surface area contributed by atoms with Gasteiger partial charge in [0.2, 0.25) is 0 Å². The molecule has 0 heterocycles. The van der Waals surface area contributed by atoms with Crippen molar-refractivity contribution in [2.45, 2.75) is 32.6 Å². The maximum absolute atomic E-state index is 3.42. The van der Waals surface area contributed by atoms with Crippen molar-refractivity contribution in [3.63, 3.8) is 0 Å². The van der Waals surface area contributed by atoms with Gasteiger partial charge in [0.1, 0.15) is 0 Å². The van der Waals surface area contributed by atoms with E-state index in [9.17, 15) is 0 Å². The van der Waals surface area contributed by atoms with Crippen molar-refractivity contribution in [2.75, 3.05) is 26.7 Å². The average molecular weight is 158 g/mol. The third-order valence-corrected chi connectivity index (χ3v) is 1.74. The number of nitrogens with one attached hydrogen (secondary N) is 2. The lowest BCUT2D eigenvalue weighted by atomic mass is 10.3. The molecule has 0 aliphatic rings. The van der Waals surface area contributed by atoms with Crippen LogP contribution in [0.1, 0.15) is 32.6 Å². The van der Waals surface area contributed by atoms with Crippen LogP contribution in [0.2, 0.25) is 0 Å². The highest BCUT2D eigenvalue weighted by atomic mass is 14.8. The van der Waals surface area contributed by atoms with Crippen LogP contribution in [0.25, 0.3) is 0 Å². The predicted molar refractivity (Wildman–Crippen MR) is 50.9 cm³/mol. The summed E-state index contributed by atoms with van der Waals surface area (Å²) in [6.07, 6.45) is 5.19. The average Bonchev–Trinajstić information content (AvgIpc) is 2.03. The van der Waals surface area contributed by atoms with Gasteiger partial charge >= 0.3 is 0 Å². The van der Waals surface area contributed by atoms with E-state index in [4.69, 9.17) is 0 Å². The van der Waals surface area contributed by atoms with Crippen LogP contribution in [-0.2, 0) is 0 Å². The zero-order valence-corrected chi connectivity index (χ0v) is 7.95. The summed E-state index contributed by atoms with van der Waals surface area (Å²) in [7, 11) is 2.00. The number of unbranched alkanes of at least 4 members (excludes halogenated alkanes) is 2. The zero-order valence-electron chi connectivity index (χ0n) is 7.95. The van der Waals surface area contributed by atoms with Crippen LogP contribution >= 0.6 is 0 Å². The summed E-state index contributed by atoms with van der Waals surface area (Å²) in [5.41, 5.74) is 0. The third-order valence-electron chi connectivity index (χ3n) is 1.74. The first-order valence-corrected chi connectivity index (χ1v) is 4.77. The molecular formula is C9H22N2. The molecule has 0 atom stereocenters. The summed E-state index contributed by atoms with van der Waals surface area (Å²) >= 11 is 0. The minimum absolute atomic E-state index is 1.15. The van der Waals surface area contributed by atoms with Gasteiger partial charge in [-0.1, -0.05) is 13.3 Å². The van der Waals surface area contributed by atoms with Crippen molar-refractivity contribution in [3.8, 4) is 0 Å². The Labute approximate surface area is 70.8 Å². The highest BCUT2D eigenvalue weighted by Crippen LogP contribution is 1.86. The maximum Gasteiger partial charge on any atom is -0.00484 e. The van der Waals surface area contributed by atoms with Crippen LogP contribution in [0.15, 0.2) is 0 Å².